The van der Waals surface area contributed by atoms with Gasteiger partial charge in [-0.25, -0.2) is 9.78 Å². The summed E-state index contributed by atoms with van der Waals surface area (Å²) in [5.74, 6) is 1.44. The molecule has 1 aliphatic heterocycles. The Balaban J connectivity index is 1.40. The summed E-state index contributed by atoms with van der Waals surface area (Å²) in [4.78, 5) is 36.9. The lowest BCUT2D eigenvalue weighted by molar-refractivity contribution is 0.191. The maximum absolute atomic E-state index is 11.9. The SMILES string of the molecule is Cc1cc(=O)[nH]c2cc(Nc3nc(N4CCC(CNC(=O)O)CC4)c4occc4n3)ccc12. The summed E-state index contributed by atoms with van der Waals surface area (Å²) in [5, 5.41) is 15.5. The highest BCUT2D eigenvalue weighted by Gasteiger charge is 2.24. The van der Waals surface area contributed by atoms with Crippen LogP contribution in [-0.2, 0) is 0 Å². The number of carbonyl (C=O) groups is 1. The third-order valence-electron chi connectivity index (χ3n) is 6.05. The summed E-state index contributed by atoms with van der Waals surface area (Å²) >= 11 is 0. The number of rotatable bonds is 5. The van der Waals surface area contributed by atoms with E-state index in [4.69, 9.17) is 14.5 Å². The van der Waals surface area contributed by atoms with Crippen molar-refractivity contribution in [2.75, 3.05) is 29.9 Å². The number of H-pyrrole nitrogens is 1. The van der Waals surface area contributed by atoms with Crippen LogP contribution in [0.2, 0.25) is 0 Å². The van der Waals surface area contributed by atoms with E-state index in [1.54, 1.807) is 18.4 Å². The van der Waals surface area contributed by atoms with Crippen molar-refractivity contribution in [3.05, 3.63) is 52.5 Å². The molecule has 1 aliphatic rings. The lowest BCUT2D eigenvalue weighted by atomic mass is 9.97. The normalized spacial score (nSPS) is 14.6. The molecule has 33 heavy (non-hydrogen) atoms. The first kappa shape index (κ1) is 20.8. The summed E-state index contributed by atoms with van der Waals surface area (Å²) in [6.45, 7) is 3.86. The van der Waals surface area contributed by atoms with E-state index in [0.717, 1.165) is 48.1 Å². The molecule has 0 spiro atoms. The minimum absolute atomic E-state index is 0.141. The van der Waals surface area contributed by atoms with Crippen molar-refractivity contribution >= 4 is 45.5 Å². The van der Waals surface area contributed by atoms with Crippen molar-refractivity contribution < 1.29 is 14.3 Å². The quantitative estimate of drug-likeness (QED) is 0.364. The van der Waals surface area contributed by atoms with Gasteiger partial charge in [-0.1, -0.05) is 6.07 Å². The summed E-state index contributed by atoms with van der Waals surface area (Å²) in [5.41, 5.74) is 3.60. The highest BCUT2D eigenvalue weighted by molar-refractivity contribution is 5.87. The summed E-state index contributed by atoms with van der Waals surface area (Å²) in [6.07, 6.45) is 2.31. The number of aromatic nitrogens is 3. The second-order valence-electron chi connectivity index (χ2n) is 8.32. The monoisotopic (exact) mass is 448 g/mol. The molecular weight excluding hydrogens is 424 g/mol. The molecule has 1 saturated heterocycles. The second kappa shape index (κ2) is 8.45. The number of anilines is 3. The molecule has 0 unspecified atom stereocenters. The largest absolute Gasteiger partial charge is 0.465 e. The Morgan fingerprint density at radius 2 is 2.06 bits per heavy atom. The molecular formula is C23H24N6O4. The number of nitrogens with one attached hydrogen (secondary N) is 3. The van der Waals surface area contributed by atoms with Gasteiger partial charge in [0.1, 0.15) is 5.52 Å². The van der Waals surface area contributed by atoms with Gasteiger partial charge in [-0.3, -0.25) is 4.79 Å². The van der Waals surface area contributed by atoms with Crippen molar-refractivity contribution in [2.45, 2.75) is 19.8 Å². The fraction of sp³-hybridized carbons (Fsp3) is 0.304. The molecule has 0 atom stereocenters. The Morgan fingerprint density at radius 1 is 1.24 bits per heavy atom. The number of hydrogen-bond acceptors (Lipinski definition) is 7. The van der Waals surface area contributed by atoms with Gasteiger partial charge < -0.3 is 30.0 Å². The lowest BCUT2D eigenvalue weighted by Crippen LogP contribution is -2.38. The molecule has 4 N–H and O–H groups in total. The van der Waals surface area contributed by atoms with Crippen LogP contribution in [0.4, 0.5) is 22.2 Å². The van der Waals surface area contributed by atoms with E-state index in [2.05, 4.69) is 25.5 Å². The highest BCUT2D eigenvalue weighted by Crippen LogP contribution is 2.31. The Labute approximate surface area is 188 Å². The van der Waals surface area contributed by atoms with E-state index < -0.39 is 6.09 Å². The number of carboxylic acid groups (broad SMARTS) is 1. The fourth-order valence-corrected chi connectivity index (χ4v) is 4.34. The third kappa shape index (κ3) is 4.32. The second-order valence-corrected chi connectivity index (χ2v) is 8.32. The van der Waals surface area contributed by atoms with Gasteiger partial charge in [-0.05, 0) is 43.4 Å². The third-order valence-corrected chi connectivity index (χ3v) is 6.05. The predicted molar refractivity (Wildman–Crippen MR) is 125 cm³/mol. The Hall–Kier alpha value is -4.08. The van der Waals surface area contributed by atoms with Crippen LogP contribution in [0.15, 0.2) is 45.8 Å². The van der Waals surface area contributed by atoms with E-state index in [-0.39, 0.29) is 5.56 Å². The molecule has 0 saturated carbocycles. The molecule has 1 amide bonds. The Morgan fingerprint density at radius 3 is 2.85 bits per heavy atom. The summed E-state index contributed by atoms with van der Waals surface area (Å²) < 4.78 is 5.67. The van der Waals surface area contributed by atoms with Gasteiger partial charge in [0.15, 0.2) is 11.4 Å². The first-order valence-corrected chi connectivity index (χ1v) is 10.8. The average molecular weight is 448 g/mol. The van der Waals surface area contributed by atoms with Crippen molar-refractivity contribution in [1.29, 1.82) is 0 Å². The van der Waals surface area contributed by atoms with Crippen LogP contribution >= 0.6 is 0 Å². The zero-order valence-electron chi connectivity index (χ0n) is 18.1. The van der Waals surface area contributed by atoms with Crippen LogP contribution in [0.1, 0.15) is 18.4 Å². The predicted octanol–water partition coefficient (Wildman–Crippen LogP) is 3.60. The lowest BCUT2D eigenvalue weighted by Gasteiger charge is -2.32. The van der Waals surface area contributed by atoms with Crippen LogP contribution < -0.4 is 21.1 Å². The number of aryl methyl sites for hydroxylation is 1. The first-order valence-electron chi connectivity index (χ1n) is 10.8. The number of pyridine rings is 1. The van der Waals surface area contributed by atoms with Gasteiger partial charge >= 0.3 is 6.09 Å². The number of piperidine rings is 1. The van der Waals surface area contributed by atoms with Crippen molar-refractivity contribution in [3.8, 4) is 0 Å². The van der Waals surface area contributed by atoms with E-state index in [0.29, 0.717) is 35.3 Å². The maximum Gasteiger partial charge on any atom is 0.404 e. The minimum Gasteiger partial charge on any atom is -0.465 e. The molecule has 4 aromatic rings. The standard InChI is InChI=1S/C23H24N6O4/c1-13-10-19(30)26-18-11-15(2-3-16(13)18)25-22-27-17-6-9-33-20(17)21(28-22)29-7-4-14(5-8-29)12-24-23(31)32/h2-3,6,9-11,14,24H,4-5,7-8,12H2,1H3,(H,26,30)(H,31,32)(H,25,27,28). The Bertz CT molecular complexity index is 1390. The molecule has 0 radical (unpaired) electrons. The molecule has 0 aliphatic carbocycles. The number of fused-ring (bicyclic) bond motifs is 2. The van der Waals surface area contributed by atoms with Gasteiger partial charge in [0.05, 0.1) is 11.8 Å². The zero-order valence-corrected chi connectivity index (χ0v) is 18.1. The van der Waals surface area contributed by atoms with Crippen LogP contribution in [-0.4, -0.2) is 45.8 Å². The summed E-state index contributed by atoms with van der Waals surface area (Å²) in [6, 6.07) is 9.13. The van der Waals surface area contributed by atoms with Gasteiger partial charge in [-0.15, -0.1) is 0 Å². The minimum atomic E-state index is -0.992. The summed E-state index contributed by atoms with van der Waals surface area (Å²) in [7, 11) is 0. The molecule has 10 heteroatoms. The van der Waals surface area contributed by atoms with Crippen molar-refractivity contribution in [1.82, 2.24) is 20.3 Å². The number of benzene rings is 1. The van der Waals surface area contributed by atoms with Crippen molar-refractivity contribution in [3.63, 3.8) is 0 Å². The van der Waals surface area contributed by atoms with Gasteiger partial charge in [-0.2, -0.15) is 4.98 Å². The number of hydrogen-bond donors (Lipinski definition) is 4. The topological polar surface area (TPSA) is 136 Å². The van der Waals surface area contributed by atoms with Crippen LogP contribution in [0.5, 0.6) is 0 Å². The number of nitrogens with zero attached hydrogens (tertiary/aromatic N) is 3. The van der Waals surface area contributed by atoms with E-state index >= 15 is 0 Å². The number of furan rings is 1. The number of amides is 1. The average Bonchev–Trinajstić information content (AvgIpc) is 3.26. The van der Waals surface area contributed by atoms with Crippen LogP contribution in [0, 0.1) is 12.8 Å². The van der Waals surface area contributed by atoms with E-state index in [9.17, 15) is 9.59 Å². The van der Waals surface area contributed by atoms with Crippen molar-refractivity contribution in [2.24, 2.45) is 5.92 Å². The van der Waals surface area contributed by atoms with Gasteiger partial charge in [0.2, 0.25) is 11.5 Å². The molecule has 1 aromatic carbocycles. The molecule has 10 nitrogen and oxygen atoms in total. The fourth-order valence-electron chi connectivity index (χ4n) is 4.34. The molecule has 5 rings (SSSR count). The first-order chi connectivity index (χ1) is 16.0. The molecule has 1 fully saturated rings. The molecule has 0 bridgehead atoms. The smallest absolute Gasteiger partial charge is 0.404 e. The highest BCUT2D eigenvalue weighted by atomic mass is 16.4. The number of aromatic amines is 1. The molecule has 170 valence electrons. The van der Waals surface area contributed by atoms with Crippen LogP contribution in [0.25, 0.3) is 22.0 Å². The zero-order chi connectivity index (χ0) is 22.9. The van der Waals surface area contributed by atoms with E-state index in [1.165, 1.54) is 0 Å². The maximum atomic E-state index is 11.9. The van der Waals surface area contributed by atoms with E-state index in [1.807, 2.05) is 25.1 Å². The van der Waals surface area contributed by atoms with Gasteiger partial charge in [0, 0.05) is 42.8 Å². The van der Waals surface area contributed by atoms with Gasteiger partial charge in [0.25, 0.3) is 0 Å². The molecule has 4 heterocycles. The molecule has 3 aromatic heterocycles. The van der Waals surface area contributed by atoms with Crippen LogP contribution in [0.3, 0.4) is 0 Å². The Kier molecular flexibility index (Phi) is 5.33.